The molecule has 0 amide bonds. The van der Waals surface area contributed by atoms with E-state index in [1.54, 1.807) is 0 Å². The van der Waals surface area contributed by atoms with Crippen LogP contribution in [0, 0.1) is 12.1 Å². The van der Waals surface area contributed by atoms with Gasteiger partial charge in [-0.15, -0.1) is 91.8 Å². The van der Waals surface area contributed by atoms with Crippen molar-refractivity contribution in [1.29, 1.82) is 0 Å². The molecule has 0 nitrogen and oxygen atoms in total. The fourth-order valence-corrected chi connectivity index (χ4v) is 14.5. The fraction of sp³-hybridized carbons (Fsp3) is 0.0294. The van der Waals surface area contributed by atoms with Gasteiger partial charge in [0.1, 0.15) is 0 Å². The van der Waals surface area contributed by atoms with Gasteiger partial charge in [-0.3, -0.25) is 0 Å². The summed E-state index contributed by atoms with van der Waals surface area (Å²) in [5, 5.41) is 13.8. The molecule has 12 aromatic carbocycles. The van der Waals surface area contributed by atoms with Gasteiger partial charge < -0.3 is 24.8 Å². The summed E-state index contributed by atoms with van der Waals surface area (Å²) < 4.78 is 0. The summed E-state index contributed by atoms with van der Waals surface area (Å²) in [7, 11) is -0.986. The molecule has 0 atom stereocenters. The molecule has 0 saturated carbocycles. The first-order valence-corrected chi connectivity index (χ1v) is 26.7. The van der Waals surface area contributed by atoms with Crippen molar-refractivity contribution < 1.29 is 77.2 Å². The van der Waals surface area contributed by atoms with Gasteiger partial charge in [-0.1, -0.05) is 204 Å². The molecule has 356 valence electrons. The summed E-state index contributed by atoms with van der Waals surface area (Å²) >= 11 is 0. The van der Waals surface area contributed by atoms with Crippen LogP contribution < -0.4 is 56.6 Å². The molecule has 0 N–H and O–H groups in total. The average Bonchev–Trinajstić information content (AvgIpc) is 4.24. The molecule has 0 heterocycles. The first-order valence-electron chi connectivity index (χ1n) is 24.0. The molecule has 0 fully saturated rings. The van der Waals surface area contributed by atoms with Crippen LogP contribution in [0.3, 0.4) is 0 Å². The molecule has 0 spiro atoms. The van der Waals surface area contributed by atoms with Crippen molar-refractivity contribution in [1.82, 2.24) is 0 Å². The Balaban J connectivity index is 0.000000145. The van der Waals surface area contributed by atoms with Gasteiger partial charge in [-0.2, -0.15) is 71.8 Å². The van der Waals surface area contributed by atoms with Crippen molar-refractivity contribution >= 4 is 69.2 Å². The Kier molecular flexibility index (Phi) is 20.9. The van der Waals surface area contributed by atoms with E-state index >= 15 is 0 Å². The van der Waals surface area contributed by atoms with Gasteiger partial charge >= 0.3 is 52.4 Å². The average molecular weight is 1180 g/mol. The van der Waals surface area contributed by atoms with E-state index in [-0.39, 0.29) is 77.2 Å². The Labute approximate surface area is 490 Å². The molecule has 6 heteroatoms. The number of rotatable bonds is 6. The van der Waals surface area contributed by atoms with Crippen LogP contribution in [0.1, 0.15) is 22.3 Å². The quantitative estimate of drug-likeness (QED) is 0.116. The first-order chi connectivity index (χ1) is 34.7. The van der Waals surface area contributed by atoms with Gasteiger partial charge in [0, 0.05) is 0 Å². The monoisotopic (exact) mass is 1180 g/mol. The molecule has 14 rings (SSSR count). The van der Waals surface area contributed by atoms with Crippen molar-refractivity contribution in [3.05, 3.63) is 313 Å². The topological polar surface area (TPSA) is 0 Å². The van der Waals surface area contributed by atoms with Gasteiger partial charge in [0.25, 0.3) is 0 Å². The molecule has 0 unspecified atom stereocenters. The number of hydrogen-bond donors (Lipinski definition) is 0. The summed E-state index contributed by atoms with van der Waals surface area (Å²) in [6, 6.07) is 106. The Bertz CT molecular complexity index is 3160. The van der Waals surface area contributed by atoms with E-state index in [1.807, 2.05) is 12.1 Å². The van der Waals surface area contributed by atoms with Gasteiger partial charge in [-0.25, -0.2) is 0 Å². The maximum absolute atomic E-state index is 3.30. The van der Waals surface area contributed by atoms with Crippen molar-refractivity contribution in [2.75, 3.05) is 0 Å². The molecule has 74 heavy (non-hydrogen) atoms. The second kappa shape index (κ2) is 27.4. The van der Waals surface area contributed by atoms with E-state index in [1.165, 1.54) is 97.9 Å². The largest absolute Gasteiger partial charge is 2.00 e. The SMILES string of the molecule is [Cl-].[Cl-].[Zr+2].[Zr+2].[c-]1cccc2c1Cc1ccccc1-2.[c-]1cccc2c1Cc1ccccc1-2.c1ccc(P(c2ccccc2)c2cc3ccccc3[cH-]2)cc1.c1ccc(P(c2ccccc2)c2cc3ccccc3[cH-]2)cc1. The van der Waals surface area contributed by atoms with Gasteiger partial charge in [0.2, 0.25) is 0 Å². The summed E-state index contributed by atoms with van der Waals surface area (Å²) in [6.07, 6.45) is 2.10. The number of halogens is 2. The predicted molar refractivity (Wildman–Crippen MR) is 304 cm³/mol. The second-order valence-electron chi connectivity index (χ2n) is 17.5. The molecular weight excluding hydrogens is 1130 g/mol. The maximum atomic E-state index is 3.30. The van der Waals surface area contributed by atoms with Crippen molar-refractivity contribution in [2.24, 2.45) is 0 Å². The Morgan fingerprint density at radius 2 is 0.608 bits per heavy atom. The zero-order valence-corrected chi connectivity index (χ0v) is 48.8. The molecule has 2 aliphatic rings. The van der Waals surface area contributed by atoms with E-state index in [0.717, 1.165) is 12.8 Å². The molecule has 0 radical (unpaired) electrons. The maximum Gasteiger partial charge on any atom is 2.00 e. The summed E-state index contributed by atoms with van der Waals surface area (Å²) in [5.74, 6) is 0. The number of benzene rings is 10. The summed E-state index contributed by atoms with van der Waals surface area (Å²) in [5.41, 5.74) is 11.0. The minimum atomic E-state index is -0.493. The molecule has 0 bridgehead atoms. The van der Waals surface area contributed by atoms with Crippen LogP contribution in [0.2, 0.25) is 0 Å². The van der Waals surface area contributed by atoms with Crippen molar-refractivity contribution in [3.8, 4) is 22.3 Å². The zero-order valence-electron chi connectivity index (χ0n) is 40.6. The van der Waals surface area contributed by atoms with Crippen LogP contribution >= 0.6 is 15.8 Å². The smallest absolute Gasteiger partial charge is 1.00 e. The summed E-state index contributed by atoms with van der Waals surface area (Å²) in [6.45, 7) is 0. The van der Waals surface area contributed by atoms with E-state index in [9.17, 15) is 0 Å². The number of fused-ring (bicyclic) bond motifs is 8. The van der Waals surface area contributed by atoms with Crippen molar-refractivity contribution in [2.45, 2.75) is 12.8 Å². The third-order valence-electron chi connectivity index (χ3n) is 13.0. The minimum Gasteiger partial charge on any atom is -1.00 e. The predicted octanol–water partition coefficient (Wildman–Crippen LogP) is 8.75. The van der Waals surface area contributed by atoms with E-state index in [2.05, 4.69) is 279 Å². The van der Waals surface area contributed by atoms with Crippen LogP contribution in [0.4, 0.5) is 0 Å². The van der Waals surface area contributed by atoms with Gasteiger partial charge in [0.05, 0.1) is 0 Å². The fourth-order valence-electron chi connectivity index (χ4n) is 9.72. The Morgan fingerprint density at radius 1 is 0.311 bits per heavy atom. The normalized spacial score (nSPS) is 10.9. The van der Waals surface area contributed by atoms with E-state index in [0.29, 0.717) is 0 Å². The van der Waals surface area contributed by atoms with Crippen LogP contribution in [-0.4, -0.2) is 0 Å². The minimum absolute atomic E-state index is 0. The second-order valence-corrected chi connectivity index (χ2v) is 21.9. The van der Waals surface area contributed by atoms with Crippen LogP contribution in [0.5, 0.6) is 0 Å². The van der Waals surface area contributed by atoms with Gasteiger partial charge in [-0.05, 0) is 49.9 Å². The molecule has 2 aliphatic carbocycles. The zero-order chi connectivity index (χ0) is 46.9. The third-order valence-corrected chi connectivity index (χ3v) is 17.8. The van der Waals surface area contributed by atoms with Gasteiger partial charge in [0.15, 0.2) is 0 Å². The number of hydrogen-bond acceptors (Lipinski definition) is 0. The summed E-state index contributed by atoms with van der Waals surface area (Å²) in [4.78, 5) is 0. The van der Waals surface area contributed by atoms with E-state index in [4.69, 9.17) is 0 Å². The Morgan fingerprint density at radius 3 is 0.959 bits per heavy atom. The standard InChI is InChI=1S/2C21H16P.2C13H9.2ClH.2Zr/c2*1-3-11-19(12-4-1)22(20-13-5-2-6-14-20)21-15-17-9-7-8-10-18(17)16-21;2*1-3-7-12-10(5-1)9-11-6-2-4-8-13(11)12;;;;/h2*1-16H;2*1-5,7-8H,9H2;2*1H;;/q4*-1;;;2*+2/p-2. The molecule has 0 aromatic heterocycles. The van der Waals surface area contributed by atoms with Crippen LogP contribution in [-0.2, 0) is 65.2 Å². The Hall–Kier alpha value is -5.37. The molecule has 0 aliphatic heterocycles. The molecular formula is C68H50Cl2P2Zr2-2. The molecule has 0 saturated heterocycles. The van der Waals surface area contributed by atoms with Crippen LogP contribution in [0.15, 0.2) is 279 Å². The molecule has 12 aromatic rings. The van der Waals surface area contributed by atoms with E-state index < -0.39 is 15.8 Å². The van der Waals surface area contributed by atoms with Crippen LogP contribution in [0.25, 0.3) is 43.8 Å². The third kappa shape index (κ3) is 13.0. The first kappa shape index (κ1) is 56.4. The van der Waals surface area contributed by atoms with Crippen molar-refractivity contribution in [3.63, 3.8) is 0 Å².